The molecule has 168 valence electrons. The van der Waals surface area contributed by atoms with Crippen LogP contribution in [-0.2, 0) is 14.8 Å². The number of piperidine rings is 1. The largest absolute Gasteiger partial charge is 0.491 e. The molecule has 3 rings (SSSR count). The van der Waals surface area contributed by atoms with Gasteiger partial charge in [0.15, 0.2) is 0 Å². The molecular weight excluding hydrogens is 444 g/mol. The van der Waals surface area contributed by atoms with Crippen LogP contribution in [0.25, 0.3) is 0 Å². The maximum absolute atomic E-state index is 12.8. The number of halogens is 1. The number of carbonyl (C=O) groups is 1. The Bertz CT molecular complexity index is 1020. The van der Waals surface area contributed by atoms with E-state index in [0.717, 1.165) is 0 Å². The first-order valence-corrected chi connectivity index (χ1v) is 11.6. The molecule has 0 aliphatic carbocycles. The molecule has 1 amide bonds. The van der Waals surface area contributed by atoms with E-state index in [1.165, 1.54) is 16.4 Å². The fourth-order valence-electron chi connectivity index (χ4n) is 3.18. The summed E-state index contributed by atoms with van der Waals surface area (Å²) in [4.78, 5) is 12.2. The molecule has 1 saturated heterocycles. The molecule has 0 aromatic heterocycles. The van der Waals surface area contributed by atoms with Gasteiger partial charge in [-0.25, -0.2) is 13.2 Å². The van der Waals surface area contributed by atoms with Gasteiger partial charge in [0.25, 0.3) is 0 Å². The first-order valence-electron chi connectivity index (χ1n) is 9.83. The second-order valence-electron chi connectivity index (χ2n) is 7.49. The van der Waals surface area contributed by atoms with Gasteiger partial charge in [-0.3, -0.25) is 5.32 Å². The summed E-state index contributed by atoms with van der Waals surface area (Å²) in [7, 11) is -3.81. The Morgan fingerprint density at radius 1 is 1.13 bits per heavy atom. The summed E-state index contributed by atoms with van der Waals surface area (Å²) in [6.45, 7) is 3.79. The summed E-state index contributed by atoms with van der Waals surface area (Å²) in [5.74, 6) is -1.10. The molecule has 10 heteroatoms. The minimum absolute atomic E-state index is 0.00524. The van der Waals surface area contributed by atoms with Crippen LogP contribution in [-0.4, -0.2) is 48.9 Å². The average Bonchev–Trinajstić information content (AvgIpc) is 2.69. The molecule has 0 spiro atoms. The third-order valence-electron chi connectivity index (χ3n) is 4.71. The summed E-state index contributed by atoms with van der Waals surface area (Å²) in [5, 5.41) is 13.3. The van der Waals surface area contributed by atoms with Crippen LogP contribution in [0.15, 0.2) is 53.4 Å². The van der Waals surface area contributed by atoms with Crippen LogP contribution >= 0.6 is 11.6 Å². The number of ether oxygens (including phenoxy) is 2. The lowest BCUT2D eigenvalue weighted by molar-refractivity contribution is -0.180. The van der Waals surface area contributed by atoms with E-state index in [2.05, 4.69) is 5.32 Å². The van der Waals surface area contributed by atoms with Crippen molar-refractivity contribution in [2.45, 2.75) is 43.5 Å². The van der Waals surface area contributed by atoms with Gasteiger partial charge in [0.05, 0.1) is 11.1 Å². The van der Waals surface area contributed by atoms with Crippen molar-refractivity contribution in [1.82, 2.24) is 4.31 Å². The number of nitrogens with one attached hydrogen (secondary N) is 1. The Balaban J connectivity index is 1.57. The van der Waals surface area contributed by atoms with Gasteiger partial charge >= 0.3 is 6.09 Å². The lowest BCUT2D eigenvalue weighted by Crippen LogP contribution is -2.49. The highest BCUT2D eigenvalue weighted by Crippen LogP contribution is 2.30. The zero-order valence-corrected chi connectivity index (χ0v) is 18.8. The van der Waals surface area contributed by atoms with Gasteiger partial charge in [-0.1, -0.05) is 23.7 Å². The molecule has 31 heavy (non-hydrogen) atoms. The molecule has 0 bridgehead atoms. The Morgan fingerprint density at radius 2 is 1.74 bits per heavy atom. The predicted molar refractivity (Wildman–Crippen MR) is 117 cm³/mol. The molecular formula is C21H25ClN2O6S. The number of sulfonamides is 1. The van der Waals surface area contributed by atoms with Gasteiger partial charge in [0.2, 0.25) is 15.8 Å². The molecule has 1 fully saturated rings. The van der Waals surface area contributed by atoms with Crippen molar-refractivity contribution >= 4 is 33.4 Å². The van der Waals surface area contributed by atoms with E-state index in [0.29, 0.717) is 11.4 Å². The SMILES string of the molecule is CC(C)Oc1ccc(NC(=O)OC2(O)CCN(S(=O)(=O)c3ccccc3Cl)CC2)cc1. The third kappa shape index (κ3) is 5.88. The first-order chi connectivity index (χ1) is 14.6. The van der Waals surface area contributed by atoms with Crippen LogP contribution in [0.5, 0.6) is 5.75 Å². The lowest BCUT2D eigenvalue weighted by atomic mass is 10.1. The smallest absolute Gasteiger partial charge is 0.414 e. The molecule has 1 aliphatic heterocycles. The highest BCUT2D eigenvalue weighted by molar-refractivity contribution is 7.89. The zero-order chi connectivity index (χ0) is 22.6. The first kappa shape index (κ1) is 23.3. The van der Waals surface area contributed by atoms with Crippen molar-refractivity contribution in [2.75, 3.05) is 18.4 Å². The number of amides is 1. The Morgan fingerprint density at radius 3 is 2.32 bits per heavy atom. The van der Waals surface area contributed by atoms with E-state index in [-0.39, 0.29) is 42.0 Å². The van der Waals surface area contributed by atoms with Crippen molar-refractivity contribution in [3.63, 3.8) is 0 Å². The minimum Gasteiger partial charge on any atom is -0.491 e. The molecule has 0 saturated carbocycles. The second-order valence-corrected chi connectivity index (χ2v) is 9.80. The van der Waals surface area contributed by atoms with E-state index in [4.69, 9.17) is 21.1 Å². The van der Waals surface area contributed by atoms with Crippen molar-refractivity contribution in [1.29, 1.82) is 0 Å². The number of anilines is 1. The molecule has 2 aromatic rings. The average molecular weight is 469 g/mol. The van der Waals surface area contributed by atoms with Crippen LogP contribution in [0.1, 0.15) is 26.7 Å². The van der Waals surface area contributed by atoms with Gasteiger partial charge in [0.1, 0.15) is 10.6 Å². The van der Waals surface area contributed by atoms with Crippen molar-refractivity contribution in [3.8, 4) is 5.75 Å². The normalized spacial score (nSPS) is 16.7. The van der Waals surface area contributed by atoms with Crippen LogP contribution in [0.3, 0.4) is 0 Å². The van der Waals surface area contributed by atoms with Gasteiger partial charge in [-0.2, -0.15) is 4.31 Å². The Hall–Kier alpha value is -2.33. The van der Waals surface area contributed by atoms with Crippen molar-refractivity contribution in [2.24, 2.45) is 0 Å². The van der Waals surface area contributed by atoms with Crippen LogP contribution in [0.2, 0.25) is 5.02 Å². The van der Waals surface area contributed by atoms with Crippen LogP contribution in [0.4, 0.5) is 10.5 Å². The maximum Gasteiger partial charge on any atom is 0.414 e. The minimum atomic E-state index is -3.81. The van der Waals surface area contributed by atoms with Crippen molar-refractivity contribution < 1.29 is 27.8 Å². The fraction of sp³-hybridized carbons (Fsp3) is 0.381. The maximum atomic E-state index is 12.8. The highest BCUT2D eigenvalue weighted by atomic mass is 35.5. The van der Waals surface area contributed by atoms with Crippen LogP contribution < -0.4 is 10.1 Å². The van der Waals surface area contributed by atoms with E-state index in [1.807, 2.05) is 13.8 Å². The topological polar surface area (TPSA) is 105 Å². The number of aliphatic hydroxyl groups is 1. The standard InChI is InChI=1S/C21H25ClN2O6S/c1-15(2)29-17-9-7-16(8-10-17)23-20(25)30-21(26)11-13-24(14-12-21)31(27,28)19-6-4-3-5-18(19)22/h3-10,15,26H,11-14H2,1-2H3,(H,23,25). The number of hydrogen-bond acceptors (Lipinski definition) is 6. The Labute approximate surface area is 186 Å². The molecule has 1 heterocycles. The molecule has 8 nitrogen and oxygen atoms in total. The van der Waals surface area contributed by atoms with Gasteiger partial charge in [0, 0.05) is 31.6 Å². The Kier molecular flexibility index (Phi) is 7.10. The summed E-state index contributed by atoms with van der Waals surface area (Å²) in [6, 6.07) is 12.9. The quantitative estimate of drug-likeness (QED) is 0.624. The molecule has 1 aliphatic rings. The number of hydrogen-bond donors (Lipinski definition) is 2. The fourth-order valence-corrected chi connectivity index (χ4v) is 5.11. The zero-order valence-electron chi connectivity index (χ0n) is 17.2. The summed E-state index contributed by atoms with van der Waals surface area (Å²) < 4.78 is 37.6. The molecule has 0 unspecified atom stereocenters. The molecule has 0 atom stereocenters. The van der Waals surface area contributed by atoms with Gasteiger partial charge in [-0.15, -0.1) is 0 Å². The molecule has 2 N–H and O–H groups in total. The van der Waals surface area contributed by atoms with E-state index < -0.39 is 21.9 Å². The number of carbonyl (C=O) groups excluding carboxylic acids is 1. The van der Waals surface area contributed by atoms with Crippen molar-refractivity contribution in [3.05, 3.63) is 53.6 Å². The molecule has 2 aromatic carbocycles. The van der Waals surface area contributed by atoms with E-state index in [9.17, 15) is 18.3 Å². The summed E-state index contributed by atoms with van der Waals surface area (Å²) in [6.07, 6.45) is -0.927. The third-order valence-corrected chi connectivity index (χ3v) is 7.11. The van der Waals surface area contributed by atoms with Gasteiger partial charge < -0.3 is 14.6 Å². The summed E-state index contributed by atoms with van der Waals surface area (Å²) >= 11 is 6.02. The molecule has 0 radical (unpaired) electrons. The number of nitrogens with zero attached hydrogens (tertiary/aromatic N) is 1. The predicted octanol–water partition coefficient (Wildman–Crippen LogP) is 3.85. The van der Waals surface area contributed by atoms with Crippen LogP contribution in [0, 0.1) is 0 Å². The van der Waals surface area contributed by atoms with E-state index >= 15 is 0 Å². The number of rotatable bonds is 6. The van der Waals surface area contributed by atoms with E-state index in [1.54, 1.807) is 36.4 Å². The second kappa shape index (κ2) is 9.44. The monoisotopic (exact) mass is 468 g/mol. The summed E-state index contributed by atoms with van der Waals surface area (Å²) in [5.41, 5.74) is 0.475. The van der Waals surface area contributed by atoms with Gasteiger partial charge in [-0.05, 0) is 50.2 Å². The highest BCUT2D eigenvalue weighted by Gasteiger charge is 2.40. The number of benzene rings is 2. The lowest BCUT2D eigenvalue weighted by Gasteiger charge is -2.36.